The molecule has 0 bridgehead atoms. The molecule has 1 heterocycles. The molecule has 1 aliphatic rings. The number of aliphatic hydroxyl groups is 1. The first-order valence-electron chi connectivity index (χ1n) is 9.71. The molecule has 0 radical (unpaired) electrons. The molecule has 170 valence electrons. The molecule has 0 saturated carbocycles. The van der Waals surface area contributed by atoms with E-state index in [1.807, 2.05) is 0 Å². The lowest BCUT2D eigenvalue weighted by atomic mass is 10.0. The second-order valence-electron chi connectivity index (χ2n) is 7.54. The average molecular weight is 430 g/mol. The Morgan fingerprint density at radius 2 is 1.73 bits per heavy atom. The van der Waals surface area contributed by atoms with Gasteiger partial charge in [0, 0.05) is 13.0 Å². The molecule has 1 rings (SSSR count). The monoisotopic (exact) mass is 430 g/mol. The fourth-order valence-corrected chi connectivity index (χ4v) is 3.13. The van der Waals surface area contributed by atoms with Gasteiger partial charge in [-0.2, -0.15) is 0 Å². The van der Waals surface area contributed by atoms with E-state index in [2.05, 4.69) is 10.6 Å². The molecule has 1 aliphatic heterocycles. The summed E-state index contributed by atoms with van der Waals surface area (Å²) in [5, 5.41) is 32.0. The lowest BCUT2D eigenvalue weighted by Gasteiger charge is -2.30. The average Bonchev–Trinajstić information content (AvgIpc) is 3.17. The van der Waals surface area contributed by atoms with Crippen LogP contribution in [0.5, 0.6) is 0 Å². The number of aliphatic carboxylic acids is 2. The first kappa shape index (κ1) is 25.3. The maximum atomic E-state index is 12.9. The Hall–Kier alpha value is -2.73. The molecular formula is C18H30N4O8. The molecule has 0 aromatic rings. The highest BCUT2D eigenvalue weighted by atomic mass is 16.4. The summed E-state index contributed by atoms with van der Waals surface area (Å²) in [5.41, 5.74) is 5.42. The molecule has 1 saturated heterocycles. The van der Waals surface area contributed by atoms with Gasteiger partial charge in [-0.15, -0.1) is 0 Å². The predicted molar refractivity (Wildman–Crippen MR) is 103 cm³/mol. The van der Waals surface area contributed by atoms with E-state index in [-0.39, 0.29) is 13.0 Å². The van der Waals surface area contributed by atoms with Crippen molar-refractivity contribution in [3.63, 3.8) is 0 Å². The number of carbonyl (C=O) groups excluding carboxylic acids is 3. The molecule has 12 nitrogen and oxygen atoms in total. The third kappa shape index (κ3) is 6.95. The number of rotatable bonds is 11. The summed E-state index contributed by atoms with van der Waals surface area (Å²) in [6.45, 7) is 2.92. The zero-order valence-corrected chi connectivity index (χ0v) is 17.0. The van der Waals surface area contributed by atoms with Gasteiger partial charge in [0.15, 0.2) is 0 Å². The zero-order valence-electron chi connectivity index (χ0n) is 17.0. The Kier molecular flexibility index (Phi) is 9.66. The summed E-state index contributed by atoms with van der Waals surface area (Å²) in [5.74, 6) is -4.91. The molecule has 3 amide bonds. The van der Waals surface area contributed by atoms with Crippen LogP contribution in [0.1, 0.15) is 39.5 Å². The van der Waals surface area contributed by atoms with Crippen molar-refractivity contribution in [3.05, 3.63) is 0 Å². The Morgan fingerprint density at radius 3 is 2.23 bits per heavy atom. The standard InChI is InChI=1S/C18H30N4O8/c1-9(2)14(17(28)22-7-3-4-12(22)18(29)30)21-16(27)11(5-6-13(24)25)20-15(26)10(19)8-23/h9-12,14,23H,3-8,19H2,1-2H3,(H,20,26)(H,21,27)(H,24,25)(H,29,30). The van der Waals surface area contributed by atoms with Gasteiger partial charge in [0.25, 0.3) is 0 Å². The highest BCUT2D eigenvalue weighted by Crippen LogP contribution is 2.20. The summed E-state index contributed by atoms with van der Waals surface area (Å²) in [6, 6.07) is -4.63. The third-order valence-electron chi connectivity index (χ3n) is 4.86. The van der Waals surface area contributed by atoms with Gasteiger partial charge in [0.05, 0.1) is 6.61 Å². The van der Waals surface area contributed by atoms with Gasteiger partial charge in [0.2, 0.25) is 17.7 Å². The van der Waals surface area contributed by atoms with Gasteiger partial charge < -0.3 is 36.6 Å². The molecule has 12 heteroatoms. The van der Waals surface area contributed by atoms with Gasteiger partial charge >= 0.3 is 11.9 Å². The van der Waals surface area contributed by atoms with E-state index in [1.165, 1.54) is 4.90 Å². The Labute approximate surface area is 173 Å². The second-order valence-corrected chi connectivity index (χ2v) is 7.54. The van der Waals surface area contributed by atoms with Gasteiger partial charge in [-0.05, 0) is 25.2 Å². The van der Waals surface area contributed by atoms with Crippen LogP contribution in [-0.2, 0) is 24.0 Å². The van der Waals surface area contributed by atoms with Crippen molar-refractivity contribution < 1.29 is 39.3 Å². The number of nitrogens with zero attached hydrogens (tertiary/aromatic N) is 1. The van der Waals surface area contributed by atoms with Gasteiger partial charge in [-0.25, -0.2) is 4.79 Å². The predicted octanol–water partition coefficient (Wildman–Crippen LogP) is -2.13. The number of aliphatic hydroxyl groups excluding tert-OH is 1. The number of hydrogen-bond acceptors (Lipinski definition) is 7. The van der Waals surface area contributed by atoms with Crippen molar-refractivity contribution in [1.29, 1.82) is 0 Å². The first-order valence-corrected chi connectivity index (χ1v) is 9.71. The molecule has 0 spiro atoms. The summed E-state index contributed by atoms with van der Waals surface area (Å²) < 4.78 is 0. The minimum Gasteiger partial charge on any atom is -0.481 e. The maximum Gasteiger partial charge on any atom is 0.326 e. The van der Waals surface area contributed by atoms with Crippen LogP contribution in [0, 0.1) is 5.92 Å². The lowest BCUT2D eigenvalue weighted by molar-refractivity contribution is -0.150. The zero-order chi connectivity index (χ0) is 23.0. The molecule has 1 fully saturated rings. The highest BCUT2D eigenvalue weighted by Gasteiger charge is 2.39. The van der Waals surface area contributed by atoms with Gasteiger partial charge in [0.1, 0.15) is 24.2 Å². The molecule has 30 heavy (non-hydrogen) atoms. The van der Waals surface area contributed by atoms with Crippen molar-refractivity contribution in [3.8, 4) is 0 Å². The molecule has 4 unspecified atom stereocenters. The SMILES string of the molecule is CC(C)C(NC(=O)C(CCC(=O)O)NC(=O)C(N)CO)C(=O)N1CCCC1C(=O)O. The highest BCUT2D eigenvalue weighted by molar-refractivity contribution is 5.94. The van der Waals surface area contributed by atoms with Gasteiger partial charge in [-0.3, -0.25) is 19.2 Å². The van der Waals surface area contributed by atoms with Crippen LogP contribution in [-0.4, -0.2) is 87.2 Å². The molecule has 0 aromatic carbocycles. The van der Waals surface area contributed by atoms with Crippen LogP contribution in [0.3, 0.4) is 0 Å². The van der Waals surface area contributed by atoms with Crippen molar-refractivity contribution in [2.24, 2.45) is 11.7 Å². The summed E-state index contributed by atoms with van der Waals surface area (Å²) in [7, 11) is 0. The Balaban J connectivity index is 2.97. The summed E-state index contributed by atoms with van der Waals surface area (Å²) in [6.07, 6.45) is 0.153. The van der Waals surface area contributed by atoms with Crippen molar-refractivity contribution in [2.75, 3.05) is 13.2 Å². The number of carboxylic acids is 2. The quantitative estimate of drug-likeness (QED) is 0.212. The van der Waals surface area contributed by atoms with Crippen LogP contribution in [0.25, 0.3) is 0 Å². The largest absolute Gasteiger partial charge is 0.481 e. The molecule has 0 aromatic heterocycles. The summed E-state index contributed by atoms with van der Waals surface area (Å²) >= 11 is 0. The van der Waals surface area contributed by atoms with Crippen molar-refractivity contribution in [2.45, 2.75) is 63.7 Å². The van der Waals surface area contributed by atoms with E-state index in [0.29, 0.717) is 12.8 Å². The number of carbonyl (C=O) groups is 5. The minimum absolute atomic E-state index is 0.249. The minimum atomic E-state index is -1.30. The van der Waals surface area contributed by atoms with E-state index < -0.39 is 72.8 Å². The first-order chi connectivity index (χ1) is 14.0. The number of likely N-dealkylation sites (tertiary alicyclic amines) is 1. The van der Waals surface area contributed by atoms with E-state index >= 15 is 0 Å². The van der Waals surface area contributed by atoms with Gasteiger partial charge in [-0.1, -0.05) is 13.8 Å². The molecule has 4 atom stereocenters. The number of hydrogen-bond donors (Lipinski definition) is 6. The van der Waals surface area contributed by atoms with Crippen LogP contribution in [0.2, 0.25) is 0 Å². The van der Waals surface area contributed by atoms with Crippen LogP contribution in [0.15, 0.2) is 0 Å². The van der Waals surface area contributed by atoms with Crippen LogP contribution >= 0.6 is 0 Å². The van der Waals surface area contributed by atoms with Crippen LogP contribution in [0.4, 0.5) is 0 Å². The van der Waals surface area contributed by atoms with E-state index in [9.17, 15) is 29.1 Å². The Bertz CT molecular complexity index is 669. The van der Waals surface area contributed by atoms with E-state index in [1.54, 1.807) is 13.8 Å². The number of nitrogens with one attached hydrogen (secondary N) is 2. The van der Waals surface area contributed by atoms with Crippen LogP contribution < -0.4 is 16.4 Å². The normalized spacial score (nSPS) is 19.1. The summed E-state index contributed by atoms with van der Waals surface area (Å²) in [4.78, 5) is 61.1. The molecule has 7 N–H and O–H groups in total. The third-order valence-corrected chi connectivity index (χ3v) is 4.86. The lowest BCUT2D eigenvalue weighted by Crippen LogP contribution is -2.58. The fraction of sp³-hybridized carbons (Fsp3) is 0.722. The smallest absolute Gasteiger partial charge is 0.326 e. The molecular weight excluding hydrogens is 400 g/mol. The topological polar surface area (TPSA) is 199 Å². The number of carboxylic acid groups (broad SMARTS) is 2. The maximum absolute atomic E-state index is 12.9. The van der Waals surface area contributed by atoms with Crippen molar-refractivity contribution >= 4 is 29.7 Å². The number of amides is 3. The Morgan fingerprint density at radius 1 is 1.10 bits per heavy atom. The second kappa shape index (κ2) is 11.5. The van der Waals surface area contributed by atoms with E-state index in [4.69, 9.17) is 15.9 Å². The number of nitrogens with two attached hydrogens (primary N) is 1. The fourth-order valence-electron chi connectivity index (χ4n) is 3.13. The molecule has 0 aliphatic carbocycles. The van der Waals surface area contributed by atoms with E-state index in [0.717, 1.165) is 0 Å². The van der Waals surface area contributed by atoms with Crippen molar-refractivity contribution in [1.82, 2.24) is 15.5 Å².